The Bertz CT molecular complexity index is 679. The number of rotatable bonds is 2. The SMILES string of the molecule is CC(C)(C)OC(=O)N1CC[C@@H]1C(=O)N1CCC=C(c2ccccn2)C1. The summed E-state index contributed by atoms with van der Waals surface area (Å²) in [6.07, 6.45) is 4.98. The molecule has 1 aromatic heterocycles. The van der Waals surface area contributed by atoms with E-state index in [2.05, 4.69) is 11.1 Å². The molecule has 6 heteroatoms. The normalized spacial score (nSPS) is 20.6. The first kappa shape index (κ1) is 17.5. The topological polar surface area (TPSA) is 62.7 Å². The highest BCUT2D eigenvalue weighted by molar-refractivity contribution is 5.88. The van der Waals surface area contributed by atoms with Crippen LogP contribution in [0, 0.1) is 0 Å². The standard InChI is InChI=1S/C19H25N3O3/c1-19(2,3)25-18(24)22-12-9-16(22)17(23)21-11-6-7-14(13-21)15-8-4-5-10-20-15/h4-5,7-8,10,16H,6,9,11-13H2,1-3H3/t16-/m1/s1. The van der Waals surface area contributed by atoms with Crippen molar-refractivity contribution in [1.82, 2.24) is 14.8 Å². The van der Waals surface area contributed by atoms with Gasteiger partial charge >= 0.3 is 6.09 Å². The molecule has 1 saturated heterocycles. The first-order valence-corrected chi connectivity index (χ1v) is 8.74. The van der Waals surface area contributed by atoms with Gasteiger partial charge in [0.1, 0.15) is 11.6 Å². The Morgan fingerprint density at radius 1 is 1.24 bits per heavy atom. The van der Waals surface area contributed by atoms with Gasteiger partial charge in [-0.1, -0.05) is 12.1 Å². The molecule has 0 N–H and O–H groups in total. The smallest absolute Gasteiger partial charge is 0.410 e. The number of carbonyl (C=O) groups excluding carboxylic acids is 2. The summed E-state index contributed by atoms with van der Waals surface area (Å²) in [5.41, 5.74) is 1.40. The number of ether oxygens (including phenoxy) is 1. The predicted molar refractivity (Wildman–Crippen MR) is 94.8 cm³/mol. The van der Waals surface area contributed by atoms with E-state index in [1.165, 1.54) is 4.90 Å². The van der Waals surface area contributed by atoms with Gasteiger partial charge in [0.25, 0.3) is 0 Å². The summed E-state index contributed by atoms with van der Waals surface area (Å²) in [6, 6.07) is 5.37. The number of likely N-dealkylation sites (tertiary alicyclic amines) is 1. The van der Waals surface area contributed by atoms with Crippen LogP contribution in [0.2, 0.25) is 0 Å². The van der Waals surface area contributed by atoms with Gasteiger partial charge in [0.05, 0.1) is 5.69 Å². The third-order valence-corrected chi connectivity index (χ3v) is 4.39. The molecule has 1 atom stereocenters. The molecule has 1 aromatic rings. The first-order chi connectivity index (χ1) is 11.8. The van der Waals surface area contributed by atoms with Crippen LogP contribution in [0.4, 0.5) is 4.79 Å². The highest BCUT2D eigenvalue weighted by Crippen LogP contribution is 2.26. The summed E-state index contributed by atoms with van der Waals surface area (Å²) in [5, 5.41) is 0. The molecule has 1 fully saturated rings. The fourth-order valence-corrected chi connectivity index (χ4v) is 3.06. The molecular formula is C19H25N3O3. The van der Waals surface area contributed by atoms with Crippen molar-refractivity contribution in [2.45, 2.75) is 45.3 Å². The lowest BCUT2D eigenvalue weighted by Gasteiger charge is -2.43. The predicted octanol–water partition coefficient (Wildman–Crippen LogP) is 2.71. The van der Waals surface area contributed by atoms with Gasteiger partial charge in [0.2, 0.25) is 5.91 Å². The van der Waals surface area contributed by atoms with Gasteiger partial charge in [0.15, 0.2) is 0 Å². The number of hydrogen-bond acceptors (Lipinski definition) is 4. The minimum Gasteiger partial charge on any atom is -0.444 e. The lowest BCUT2D eigenvalue weighted by molar-refractivity contribution is -0.140. The largest absolute Gasteiger partial charge is 0.444 e. The Morgan fingerprint density at radius 3 is 2.64 bits per heavy atom. The highest BCUT2D eigenvalue weighted by Gasteiger charge is 2.42. The zero-order valence-electron chi connectivity index (χ0n) is 15.1. The van der Waals surface area contributed by atoms with Crippen molar-refractivity contribution < 1.29 is 14.3 Å². The maximum atomic E-state index is 12.9. The molecule has 2 aliphatic rings. The number of pyridine rings is 1. The molecule has 3 rings (SSSR count). The zero-order chi connectivity index (χ0) is 18.0. The summed E-state index contributed by atoms with van der Waals surface area (Å²) >= 11 is 0. The number of nitrogens with zero attached hydrogens (tertiary/aromatic N) is 3. The zero-order valence-corrected chi connectivity index (χ0v) is 15.1. The molecular weight excluding hydrogens is 318 g/mol. The van der Waals surface area contributed by atoms with E-state index in [9.17, 15) is 9.59 Å². The van der Waals surface area contributed by atoms with Crippen LogP contribution in [-0.2, 0) is 9.53 Å². The van der Waals surface area contributed by atoms with E-state index in [0.717, 1.165) is 17.7 Å². The van der Waals surface area contributed by atoms with Crippen molar-refractivity contribution in [1.29, 1.82) is 0 Å². The van der Waals surface area contributed by atoms with Crippen molar-refractivity contribution in [3.05, 3.63) is 36.2 Å². The lowest BCUT2D eigenvalue weighted by Crippen LogP contribution is -2.60. The van der Waals surface area contributed by atoms with Gasteiger partial charge in [-0.2, -0.15) is 0 Å². The minimum atomic E-state index is -0.555. The molecule has 0 unspecified atom stereocenters. The highest BCUT2D eigenvalue weighted by atomic mass is 16.6. The Kier molecular flexibility index (Phi) is 4.79. The monoisotopic (exact) mass is 343 g/mol. The van der Waals surface area contributed by atoms with E-state index < -0.39 is 17.7 Å². The van der Waals surface area contributed by atoms with Gasteiger partial charge in [-0.05, 0) is 51.3 Å². The van der Waals surface area contributed by atoms with E-state index >= 15 is 0 Å². The quantitative estimate of drug-likeness (QED) is 0.828. The van der Waals surface area contributed by atoms with Gasteiger partial charge in [-0.3, -0.25) is 14.7 Å². The maximum Gasteiger partial charge on any atom is 0.410 e. The molecule has 134 valence electrons. The Labute approximate surface area is 148 Å². The molecule has 0 saturated carbocycles. The molecule has 0 aliphatic carbocycles. The summed E-state index contributed by atoms with van der Waals surface area (Å²) in [7, 11) is 0. The molecule has 6 nitrogen and oxygen atoms in total. The lowest BCUT2D eigenvalue weighted by atomic mass is 9.99. The van der Waals surface area contributed by atoms with E-state index in [1.54, 1.807) is 6.20 Å². The third kappa shape index (κ3) is 4.00. The molecule has 2 amide bonds. The molecule has 0 aromatic carbocycles. The average Bonchev–Trinajstić information content (AvgIpc) is 2.53. The van der Waals surface area contributed by atoms with Crippen molar-refractivity contribution in [2.75, 3.05) is 19.6 Å². The van der Waals surface area contributed by atoms with Gasteiger partial charge in [0, 0.05) is 25.8 Å². The van der Waals surface area contributed by atoms with Crippen molar-refractivity contribution in [3.63, 3.8) is 0 Å². The molecule has 0 spiro atoms. The fourth-order valence-electron chi connectivity index (χ4n) is 3.06. The second-order valence-corrected chi connectivity index (χ2v) is 7.47. The summed E-state index contributed by atoms with van der Waals surface area (Å²) in [6.45, 7) is 7.27. The van der Waals surface area contributed by atoms with Crippen molar-refractivity contribution in [2.24, 2.45) is 0 Å². The molecule has 2 aliphatic heterocycles. The second-order valence-electron chi connectivity index (χ2n) is 7.47. The molecule has 3 heterocycles. The fraction of sp³-hybridized carbons (Fsp3) is 0.526. The molecule has 0 radical (unpaired) electrons. The number of aromatic nitrogens is 1. The van der Waals surface area contributed by atoms with Crippen LogP contribution in [0.5, 0.6) is 0 Å². The van der Waals surface area contributed by atoms with Crippen molar-refractivity contribution >= 4 is 17.6 Å². The van der Waals surface area contributed by atoms with Gasteiger partial charge in [-0.25, -0.2) is 4.79 Å². The van der Waals surface area contributed by atoms with Crippen LogP contribution < -0.4 is 0 Å². The summed E-state index contributed by atoms with van der Waals surface area (Å²) < 4.78 is 5.39. The summed E-state index contributed by atoms with van der Waals surface area (Å²) in [5.74, 6) is -0.00126. The average molecular weight is 343 g/mol. The molecule has 0 bridgehead atoms. The first-order valence-electron chi connectivity index (χ1n) is 8.74. The van der Waals surface area contributed by atoms with Crippen LogP contribution in [-0.4, -0.2) is 58.1 Å². The maximum absolute atomic E-state index is 12.9. The Balaban J connectivity index is 1.64. The van der Waals surface area contributed by atoms with Gasteiger partial charge < -0.3 is 9.64 Å². The van der Waals surface area contributed by atoms with E-state index in [-0.39, 0.29) is 5.91 Å². The van der Waals surface area contributed by atoms with E-state index in [1.807, 2.05) is 43.9 Å². The third-order valence-electron chi connectivity index (χ3n) is 4.39. The van der Waals surface area contributed by atoms with Crippen LogP contribution >= 0.6 is 0 Å². The number of amides is 2. The minimum absolute atomic E-state index is 0.00126. The van der Waals surface area contributed by atoms with E-state index in [4.69, 9.17) is 4.74 Å². The van der Waals surface area contributed by atoms with Crippen LogP contribution in [0.1, 0.15) is 39.3 Å². The number of hydrogen-bond donors (Lipinski definition) is 0. The van der Waals surface area contributed by atoms with Crippen LogP contribution in [0.3, 0.4) is 0 Å². The number of carbonyl (C=O) groups is 2. The molecule has 25 heavy (non-hydrogen) atoms. The Morgan fingerprint density at radius 2 is 2.04 bits per heavy atom. The summed E-state index contributed by atoms with van der Waals surface area (Å²) in [4.78, 5) is 32.8. The van der Waals surface area contributed by atoms with E-state index in [0.29, 0.717) is 26.1 Å². The van der Waals surface area contributed by atoms with Crippen molar-refractivity contribution in [3.8, 4) is 0 Å². The van der Waals surface area contributed by atoms with Crippen LogP contribution in [0.25, 0.3) is 5.57 Å². The van der Waals surface area contributed by atoms with Crippen LogP contribution in [0.15, 0.2) is 30.5 Å². The Hall–Kier alpha value is -2.37. The second kappa shape index (κ2) is 6.86. The van der Waals surface area contributed by atoms with Gasteiger partial charge in [-0.15, -0.1) is 0 Å².